The number of carboxylic acid groups (broad SMARTS) is 1. The number of hydrogen-bond donors (Lipinski definition) is 2. The van der Waals surface area contributed by atoms with Crippen molar-refractivity contribution in [2.24, 2.45) is 0 Å². The number of aromatic carboxylic acids is 1. The molecular formula is C19H17NO5. The van der Waals surface area contributed by atoms with E-state index >= 15 is 0 Å². The number of anilines is 1. The summed E-state index contributed by atoms with van der Waals surface area (Å²) in [5, 5.41) is 12.0. The van der Waals surface area contributed by atoms with Crippen LogP contribution in [0.3, 0.4) is 0 Å². The molecule has 0 aliphatic rings. The van der Waals surface area contributed by atoms with E-state index in [2.05, 4.69) is 5.32 Å². The van der Waals surface area contributed by atoms with Crippen LogP contribution in [0, 0.1) is 0 Å². The number of hydrogen-bond acceptors (Lipinski definition) is 5. The molecule has 0 bridgehead atoms. The number of carbonyl (C=O) groups is 1. The summed E-state index contributed by atoms with van der Waals surface area (Å²) >= 11 is 0. The van der Waals surface area contributed by atoms with Gasteiger partial charge >= 0.3 is 5.97 Å². The molecular weight excluding hydrogens is 322 g/mol. The predicted molar refractivity (Wildman–Crippen MR) is 92.5 cm³/mol. The summed E-state index contributed by atoms with van der Waals surface area (Å²) in [5.74, 6) is 1.38. The summed E-state index contributed by atoms with van der Waals surface area (Å²) < 4.78 is 16.3. The molecule has 3 aromatic rings. The van der Waals surface area contributed by atoms with Gasteiger partial charge in [0, 0.05) is 5.69 Å². The minimum absolute atomic E-state index is 0.0719. The molecule has 2 aromatic carbocycles. The molecule has 0 fully saturated rings. The summed E-state index contributed by atoms with van der Waals surface area (Å²) in [5.41, 5.74) is 0.862. The highest BCUT2D eigenvalue weighted by Gasteiger charge is 2.09. The van der Waals surface area contributed by atoms with E-state index in [1.54, 1.807) is 13.2 Å². The van der Waals surface area contributed by atoms with Crippen LogP contribution < -0.4 is 14.8 Å². The highest BCUT2D eigenvalue weighted by molar-refractivity contribution is 5.84. The summed E-state index contributed by atoms with van der Waals surface area (Å²) in [6.45, 7) is 0.389. The first-order valence-corrected chi connectivity index (χ1v) is 7.62. The van der Waals surface area contributed by atoms with E-state index in [1.807, 2.05) is 48.5 Å². The van der Waals surface area contributed by atoms with Crippen molar-refractivity contribution >= 4 is 11.7 Å². The third-order valence-electron chi connectivity index (χ3n) is 3.49. The fourth-order valence-electron chi connectivity index (χ4n) is 2.25. The highest BCUT2D eigenvalue weighted by atomic mass is 16.5. The van der Waals surface area contributed by atoms with Gasteiger partial charge in [-0.15, -0.1) is 0 Å². The van der Waals surface area contributed by atoms with Gasteiger partial charge in [-0.2, -0.15) is 0 Å². The molecule has 3 rings (SSSR count). The Morgan fingerprint density at radius 3 is 2.40 bits per heavy atom. The fraction of sp³-hybridized carbons (Fsp3) is 0.105. The molecule has 128 valence electrons. The van der Waals surface area contributed by atoms with Crippen LogP contribution in [0.4, 0.5) is 5.69 Å². The number of ether oxygens (including phenoxy) is 2. The molecule has 0 saturated carbocycles. The van der Waals surface area contributed by atoms with E-state index in [-0.39, 0.29) is 5.76 Å². The van der Waals surface area contributed by atoms with Crippen LogP contribution in [0.25, 0.3) is 0 Å². The van der Waals surface area contributed by atoms with Gasteiger partial charge in [-0.05, 0) is 48.5 Å². The Kier molecular flexibility index (Phi) is 4.89. The van der Waals surface area contributed by atoms with Gasteiger partial charge in [0.2, 0.25) is 5.76 Å². The van der Waals surface area contributed by atoms with Crippen molar-refractivity contribution < 1.29 is 23.8 Å². The second-order valence-corrected chi connectivity index (χ2v) is 5.20. The molecule has 0 saturated heterocycles. The van der Waals surface area contributed by atoms with E-state index in [4.69, 9.17) is 19.0 Å². The summed E-state index contributed by atoms with van der Waals surface area (Å²) in [4.78, 5) is 10.8. The zero-order valence-corrected chi connectivity index (χ0v) is 13.6. The maximum absolute atomic E-state index is 10.8. The average molecular weight is 339 g/mol. The number of nitrogens with one attached hydrogen (secondary N) is 1. The van der Waals surface area contributed by atoms with Gasteiger partial charge in [-0.1, -0.05) is 12.1 Å². The van der Waals surface area contributed by atoms with Crippen LogP contribution in [0.2, 0.25) is 0 Å². The topological polar surface area (TPSA) is 80.9 Å². The van der Waals surface area contributed by atoms with Gasteiger partial charge in [-0.25, -0.2) is 4.79 Å². The molecule has 0 unspecified atom stereocenters. The molecule has 2 N–H and O–H groups in total. The Morgan fingerprint density at radius 1 is 1.04 bits per heavy atom. The molecule has 1 heterocycles. The Bertz CT molecular complexity index is 854. The van der Waals surface area contributed by atoms with Gasteiger partial charge in [0.25, 0.3) is 0 Å². The normalized spacial score (nSPS) is 10.3. The quantitative estimate of drug-likeness (QED) is 0.664. The minimum atomic E-state index is -1.08. The number of benzene rings is 2. The third kappa shape index (κ3) is 4.11. The first-order valence-electron chi connectivity index (χ1n) is 7.62. The molecule has 0 amide bonds. The number of furan rings is 1. The van der Waals surface area contributed by atoms with Crippen molar-refractivity contribution in [3.8, 4) is 17.2 Å². The summed E-state index contributed by atoms with van der Waals surface area (Å²) in [6, 6.07) is 17.9. The SMILES string of the molecule is COc1ccccc1Oc1ccc(NCc2ccc(C(=O)O)o2)cc1. The van der Waals surface area contributed by atoms with Crippen molar-refractivity contribution in [1.82, 2.24) is 0 Å². The van der Waals surface area contributed by atoms with Crippen LogP contribution in [-0.4, -0.2) is 18.2 Å². The lowest BCUT2D eigenvalue weighted by Crippen LogP contribution is -1.98. The molecule has 0 aliphatic carbocycles. The molecule has 1 aromatic heterocycles. The zero-order chi connectivity index (χ0) is 17.6. The van der Waals surface area contributed by atoms with Gasteiger partial charge in [-0.3, -0.25) is 0 Å². The van der Waals surface area contributed by atoms with E-state index in [0.29, 0.717) is 29.6 Å². The van der Waals surface area contributed by atoms with E-state index in [0.717, 1.165) is 5.69 Å². The Hall–Kier alpha value is -3.41. The van der Waals surface area contributed by atoms with E-state index in [9.17, 15) is 4.79 Å². The number of methoxy groups -OCH3 is 1. The van der Waals surface area contributed by atoms with Crippen molar-refractivity contribution in [2.75, 3.05) is 12.4 Å². The van der Waals surface area contributed by atoms with Crippen molar-refractivity contribution in [2.45, 2.75) is 6.54 Å². The van der Waals surface area contributed by atoms with E-state index < -0.39 is 5.97 Å². The lowest BCUT2D eigenvalue weighted by atomic mass is 10.3. The number of rotatable bonds is 7. The highest BCUT2D eigenvalue weighted by Crippen LogP contribution is 2.31. The Morgan fingerprint density at radius 2 is 1.76 bits per heavy atom. The lowest BCUT2D eigenvalue weighted by molar-refractivity contribution is 0.0660. The third-order valence-corrected chi connectivity index (χ3v) is 3.49. The molecule has 25 heavy (non-hydrogen) atoms. The first kappa shape index (κ1) is 16.4. The molecule has 0 spiro atoms. The minimum Gasteiger partial charge on any atom is -0.493 e. The fourth-order valence-corrected chi connectivity index (χ4v) is 2.25. The second kappa shape index (κ2) is 7.44. The summed E-state index contributed by atoms with van der Waals surface area (Å²) in [7, 11) is 1.60. The van der Waals surface area contributed by atoms with Crippen molar-refractivity contribution in [3.05, 3.63) is 72.2 Å². The van der Waals surface area contributed by atoms with Crippen molar-refractivity contribution in [3.63, 3.8) is 0 Å². The van der Waals surface area contributed by atoms with Crippen LogP contribution in [0.15, 0.2) is 65.1 Å². The number of carboxylic acids is 1. The predicted octanol–water partition coefficient (Wildman–Crippen LogP) is 4.39. The van der Waals surface area contributed by atoms with Crippen molar-refractivity contribution in [1.29, 1.82) is 0 Å². The standard InChI is InChI=1S/C19H17NO5/c1-23-16-4-2-3-5-17(16)24-14-8-6-13(7-9-14)20-12-15-10-11-18(25-15)19(21)22/h2-11,20H,12H2,1H3,(H,21,22). The molecule has 6 heteroatoms. The van der Waals surface area contributed by atoms with E-state index in [1.165, 1.54) is 6.07 Å². The molecule has 6 nitrogen and oxygen atoms in total. The molecule has 0 radical (unpaired) electrons. The largest absolute Gasteiger partial charge is 0.493 e. The molecule has 0 atom stereocenters. The molecule has 0 aliphatic heterocycles. The first-order chi connectivity index (χ1) is 12.2. The van der Waals surface area contributed by atoms with Crippen LogP contribution >= 0.6 is 0 Å². The Balaban J connectivity index is 1.61. The van der Waals surface area contributed by atoms with Gasteiger partial charge < -0.3 is 24.3 Å². The zero-order valence-electron chi connectivity index (χ0n) is 13.6. The Labute approximate surface area is 144 Å². The average Bonchev–Trinajstić information content (AvgIpc) is 3.11. The number of para-hydroxylation sites is 2. The monoisotopic (exact) mass is 339 g/mol. The van der Waals surface area contributed by atoms with Gasteiger partial charge in [0.1, 0.15) is 11.5 Å². The van der Waals surface area contributed by atoms with Gasteiger partial charge in [0.05, 0.1) is 13.7 Å². The van der Waals surface area contributed by atoms with Crippen LogP contribution in [-0.2, 0) is 6.54 Å². The van der Waals surface area contributed by atoms with Gasteiger partial charge in [0.15, 0.2) is 11.5 Å². The smallest absolute Gasteiger partial charge is 0.371 e. The maximum atomic E-state index is 10.8. The summed E-state index contributed by atoms with van der Waals surface area (Å²) in [6.07, 6.45) is 0. The second-order valence-electron chi connectivity index (χ2n) is 5.20. The van der Waals surface area contributed by atoms with Crippen LogP contribution in [0.5, 0.6) is 17.2 Å². The maximum Gasteiger partial charge on any atom is 0.371 e. The lowest BCUT2D eigenvalue weighted by Gasteiger charge is -2.10. The van der Waals surface area contributed by atoms with Crippen LogP contribution in [0.1, 0.15) is 16.3 Å².